The van der Waals surface area contributed by atoms with Crippen molar-refractivity contribution < 1.29 is 13.2 Å². The van der Waals surface area contributed by atoms with Crippen molar-refractivity contribution in [2.75, 3.05) is 4.72 Å². The molecule has 0 radical (unpaired) electrons. The second-order valence-electron chi connectivity index (χ2n) is 7.50. The van der Waals surface area contributed by atoms with Crippen LogP contribution < -0.4 is 9.46 Å². The molecule has 8 nitrogen and oxygen atoms in total. The molecule has 0 atom stereocenters. The molecular formula is C24H23N5O3S. The Balaban J connectivity index is 1.39. The Bertz CT molecular complexity index is 1380. The van der Waals surface area contributed by atoms with Crippen LogP contribution in [0.2, 0.25) is 0 Å². The molecule has 0 saturated heterocycles. The van der Waals surface area contributed by atoms with E-state index < -0.39 is 10.0 Å². The molecule has 4 aromatic rings. The zero-order valence-electron chi connectivity index (χ0n) is 18.4. The second-order valence-corrected chi connectivity index (χ2v) is 9.07. The number of nitrogens with one attached hydrogen (secondary N) is 1. The highest BCUT2D eigenvalue weighted by Gasteiger charge is 2.09. The summed E-state index contributed by atoms with van der Waals surface area (Å²) in [7, 11) is -3.65. The summed E-state index contributed by atoms with van der Waals surface area (Å²) in [6.07, 6.45) is 3.25. The highest BCUT2D eigenvalue weighted by Crippen LogP contribution is 2.22. The Morgan fingerprint density at radius 3 is 2.24 bits per heavy atom. The molecule has 33 heavy (non-hydrogen) atoms. The number of ether oxygens (including phenoxy) is 1. The number of imidazole rings is 1. The van der Waals surface area contributed by atoms with Crippen molar-refractivity contribution in [1.29, 1.82) is 0 Å². The number of anilines is 1. The van der Waals surface area contributed by atoms with E-state index in [9.17, 15) is 8.42 Å². The smallest absolute Gasteiger partial charge is 0.255 e. The molecule has 0 fully saturated rings. The summed E-state index contributed by atoms with van der Waals surface area (Å²) < 4.78 is 34.8. The van der Waals surface area contributed by atoms with Crippen LogP contribution >= 0.6 is 0 Å². The van der Waals surface area contributed by atoms with Crippen LogP contribution in [-0.2, 0) is 10.0 Å². The maximum atomic E-state index is 12.3. The lowest BCUT2D eigenvalue weighted by Crippen LogP contribution is -2.08. The van der Waals surface area contributed by atoms with Gasteiger partial charge in [-0.1, -0.05) is 29.8 Å². The van der Waals surface area contributed by atoms with Gasteiger partial charge in [0, 0.05) is 17.4 Å². The number of hydrogen-bond acceptors (Lipinski definition) is 6. The molecule has 4 rings (SSSR count). The average Bonchev–Trinajstić information content (AvgIpc) is 3.13. The van der Waals surface area contributed by atoms with E-state index in [2.05, 4.69) is 19.9 Å². The first-order valence-electron chi connectivity index (χ1n) is 10.2. The van der Waals surface area contributed by atoms with E-state index >= 15 is 0 Å². The molecule has 1 N–H and O–H groups in total. The van der Waals surface area contributed by atoms with E-state index in [4.69, 9.17) is 4.74 Å². The largest absolute Gasteiger partial charge is 0.438 e. The van der Waals surface area contributed by atoms with Crippen molar-refractivity contribution in [2.24, 2.45) is 0 Å². The maximum absolute atomic E-state index is 12.3. The van der Waals surface area contributed by atoms with Crippen molar-refractivity contribution in [3.05, 3.63) is 94.9 Å². The molecular weight excluding hydrogens is 438 g/mol. The fourth-order valence-electron chi connectivity index (χ4n) is 2.98. The van der Waals surface area contributed by atoms with Crippen LogP contribution in [0.4, 0.5) is 5.69 Å². The predicted molar refractivity (Wildman–Crippen MR) is 128 cm³/mol. The third kappa shape index (κ3) is 5.64. The predicted octanol–water partition coefficient (Wildman–Crippen LogP) is 4.79. The van der Waals surface area contributed by atoms with Gasteiger partial charge in [0.2, 0.25) is 5.88 Å². The SMILES string of the molecule is Cc1ccc(/C=C/S(=O)(=O)Nc2ccc(Oc3ccc(-n4cnc(C)c4C)nn3)cc2)cc1. The van der Waals surface area contributed by atoms with Gasteiger partial charge in [0.25, 0.3) is 10.0 Å². The summed E-state index contributed by atoms with van der Waals surface area (Å²) in [6.45, 7) is 5.87. The van der Waals surface area contributed by atoms with E-state index in [0.717, 1.165) is 27.9 Å². The van der Waals surface area contributed by atoms with Crippen LogP contribution in [0.15, 0.2) is 72.4 Å². The van der Waals surface area contributed by atoms with Crippen LogP contribution in [0.5, 0.6) is 11.6 Å². The van der Waals surface area contributed by atoms with Gasteiger partial charge in [0.05, 0.1) is 11.1 Å². The Morgan fingerprint density at radius 2 is 1.64 bits per heavy atom. The first-order chi connectivity index (χ1) is 15.8. The monoisotopic (exact) mass is 461 g/mol. The van der Waals surface area contributed by atoms with E-state index in [1.54, 1.807) is 48.8 Å². The van der Waals surface area contributed by atoms with Crippen LogP contribution in [0, 0.1) is 20.8 Å². The Kier molecular flexibility index (Phi) is 6.23. The lowest BCUT2D eigenvalue weighted by Gasteiger charge is -2.08. The van der Waals surface area contributed by atoms with Crippen LogP contribution in [-0.4, -0.2) is 28.2 Å². The number of rotatable bonds is 7. The molecule has 2 heterocycles. The van der Waals surface area contributed by atoms with Crippen LogP contribution in [0.3, 0.4) is 0 Å². The maximum Gasteiger partial charge on any atom is 0.255 e. The third-order valence-electron chi connectivity index (χ3n) is 4.98. The lowest BCUT2D eigenvalue weighted by atomic mass is 10.2. The van der Waals surface area contributed by atoms with Gasteiger partial charge < -0.3 is 4.74 Å². The summed E-state index contributed by atoms with van der Waals surface area (Å²) in [5.74, 6) is 1.47. The number of nitrogens with zero attached hydrogens (tertiary/aromatic N) is 4. The molecule has 0 aliphatic carbocycles. The molecule has 0 spiro atoms. The second kappa shape index (κ2) is 9.25. The Hall–Kier alpha value is -3.98. The number of aryl methyl sites for hydroxylation is 2. The fraction of sp³-hybridized carbons (Fsp3) is 0.125. The summed E-state index contributed by atoms with van der Waals surface area (Å²) in [4.78, 5) is 4.26. The lowest BCUT2D eigenvalue weighted by molar-refractivity contribution is 0.454. The van der Waals surface area contributed by atoms with Gasteiger partial charge in [0.15, 0.2) is 5.82 Å². The summed E-state index contributed by atoms with van der Waals surface area (Å²) in [5.41, 5.74) is 4.26. The van der Waals surface area contributed by atoms with Gasteiger partial charge in [-0.3, -0.25) is 9.29 Å². The molecule has 168 valence electrons. The standard InChI is InChI=1S/C24H23N5O3S/c1-17-4-6-20(7-5-17)14-15-33(30,31)28-21-8-10-22(11-9-21)32-24-13-12-23(26-27-24)29-16-25-18(2)19(29)3/h4-16,28H,1-3H3/b15-14+. The minimum Gasteiger partial charge on any atom is -0.438 e. The van der Waals surface area contributed by atoms with Gasteiger partial charge in [-0.2, -0.15) is 0 Å². The molecule has 0 saturated carbocycles. The third-order valence-corrected chi connectivity index (χ3v) is 5.99. The molecule has 0 unspecified atom stereocenters. The Labute approximate surface area is 192 Å². The van der Waals surface area contributed by atoms with Gasteiger partial charge in [0.1, 0.15) is 12.1 Å². The molecule has 0 aliphatic rings. The summed E-state index contributed by atoms with van der Waals surface area (Å²) in [6, 6.07) is 17.6. The molecule has 2 aromatic heterocycles. The topological polar surface area (TPSA) is 99.0 Å². The highest BCUT2D eigenvalue weighted by atomic mass is 32.2. The van der Waals surface area contributed by atoms with E-state index in [1.807, 2.05) is 49.6 Å². The van der Waals surface area contributed by atoms with Crippen LogP contribution in [0.1, 0.15) is 22.5 Å². The normalized spacial score (nSPS) is 11.6. The average molecular weight is 462 g/mol. The van der Waals surface area contributed by atoms with Gasteiger partial charge >= 0.3 is 0 Å². The van der Waals surface area contributed by atoms with Crippen molar-refractivity contribution in [3.8, 4) is 17.4 Å². The van der Waals surface area contributed by atoms with E-state index in [1.165, 1.54) is 0 Å². The van der Waals surface area contributed by atoms with Gasteiger partial charge in [-0.25, -0.2) is 13.4 Å². The highest BCUT2D eigenvalue weighted by molar-refractivity contribution is 7.95. The quantitative estimate of drug-likeness (QED) is 0.425. The van der Waals surface area contributed by atoms with E-state index in [-0.39, 0.29) is 0 Å². The fourth-order valence-corrected chi connectivity index (χ4v) is 3.85. The Morgan fingerprint density at radius 1 is 0.909 bits per heavy atom. The summed E-state index contributed by atoms with van der Waals surface area (Å²) in [5, 5.41) is 9.43. The molecule has 0 aliphatic heterocycles. The van der Waals surface area contributed by atoms with E-state index in [0.29, 0.717) is 23.1 Å². The van der Waals surface area contributed by atoms with Crippen LogP contribution in [0.25, 0.3) is 11.9 Å². The summed E-state index contributed by atoms with van der Waals surface area (Å²) >= 11 is 0. The zero-order valence-corrected chi connectivity index (χ0v) is 19.2. The first-order valence-corrected chi connectivity index (χ1v) is 11.7. The van der Waals surface area contributed by atoms with Crippen molar-refractivity contribution in [1.82, 2.24) is 19.7 Å². The van der Waals surface area contributed by atoms with Crippen molar-refractivity contribution in [3.63, 3.8) is 0 Å². The van der Waals surface area contributed by atoms with Gasteiger partial charge in [-0.15, -0.1) is 10.2 Å². The number of sulfonamides is 1. The molecule has 0 bridgehead atoms. The number of aromatic nitrogens is 4. The molecule has 0 amide bonds. The molecule has 9 heteroatoms. The van der Waals surface area contributed by atoms with Crippen molar-refractivity contribution in [2.45, 2.75) is 20.8 Å². The minimum atomic E-state index is -3.65. The van der Waals surface area contributed by atoms with Crippen molar-refractivity contribution >= 4 is 21.8 Å². The number of hydrogen-bond donors (Lipinski definition) is 1. The minimum absolute atomic E-state index is 0.322. The first kappa shape index (κ1) is 22.2. The number of benzene rings is 2. The zero-order chi connectivity index (χ0) is 23.4. The molecule has 2 aromatic carbocycles. The van der Waals surface area contributed by atoms with Gasteiger partial charge in [-0.05, 0) is 62.7 Å².